The van der Waals surface area contributed by atoms with Crippen LogP contribution < -0.4 is 5.73 Å². The van der Waals surface area contributed by atoms with Crippen molar-refractivity contribution in [1.29, 1.82) is 0 Å². The molecule has 0 atom stereocenters. The first kappa shape index (κ1) is 14.7. The summed E-state index contributed by atoms with van der Waals surface area (Å²) in [6.45, 7) is 6.04. The number of rotatable bonds is 1. The molecule has 0 bridgehead atoms. The van der Waals surface area contributed by atoms with E-state index in [-0.39, 0.29) is 10.6 Å². The molecule has 0 fully saturated rings. The van der Waals surface area contributed by atoms with Gasteiger partial charge < -0.3 is 5.73 Å². The predicted octanol–water partition coefficient (Wildman–Crippen LogP) is 3.62. The number of halogens is 2. The summed E-state index contributed by atoms with van der Waals surface area (Å²) in [4.78, 5) is 8.33. The molecular formula is C15H15ClFN5. The fourth-order valence-corrected chi connectivity index (χ4v) is 2.47. The SMILES string of the molecule is CC(C)(C)n1nc(-c2ccc(F)c(Cl)c2)c2c(N)ncnc21. The van der Waals surface area contributed by atoms with Gasteiger partial charge in [-0.15, -0.1) is 0 Å². The van der Waals surface area contributed by atoms with E-state index in [2.05, 4.69) is 15.1 Å². The van der Waals surface area contributed by atoms with E-state index in [0.29, 0.717) is 28.1 Å². The molecule has 5 nitrogen and oxygen atoms in total. The molecule has 0 saturated heterocycles. The lowest BCUT2D eigenvalue weighted by Crippen LogP contribution is -2.23. The molecule has 0 spiro atoms. The zero-order valence-corrected chi connectivity index (χ0v) is 13.2. The Bertz CT molecular complexity index is 866. The zero-order valence-electron chi connectivity index (χ0n) is 12.4. The van der Waals surface area contributed by atoms with Crippen LogP contribution in [0.15, 0.2) is 24.5 Å². The Hall–Kier alpha value is -2.21. The lowest BCUT2D eigenvalue weighted by atomic mass is 10.1. The van der Waals surface area contributed by atoms with Crippen molar-refractivity contribution in [3.05, 3.63) is 35.4 Å². The Balaban J connectivity index is 2.36. The molecule has 0 aliphatic carbocycles. The number of hydrogen-bond donors (Lipinski definition) is 1. The Morgan fingerprint density at radius 3 is 2.59 bits per heavy atom. The van der Waals surface area contributed by atoms with Gasteiger partial charge in [0.25, 0.3) is 0 Å². The highest BCUT2D eigenvalue weighted by Crippen LogP contribution is 2.34. The number of fused-ring (bicyclic) bond motifs is 1. The van der Waals surface area contributed by atoms with Crippen LogP contribution in [0.3, 0.4) is 0 Å². The molecule has 2 heterocycles. The van der Waals surface area contributed by atoms with Crippen LogP contribution in [-0.4, -0.2) is 19.7 Å². The van der Waals surface area contributed by atoms with Gasteiger partial charge in [0.05, 0.1) is 15.9 Å². The van der Waals surface area contributed by atoms with Gasteiger partial charge in [-0.1, -0.05) is 11.6 Å². The van der Waals surface area contributed by atoms with Crippen LogP contribution in [-0.2, 0) is 5.54 Å². The maximum absolute atomic E-state index is 13.4. The lowest BCUT2D eigenvalue weighted by molar-refractivity contribution is 0.367. The van der Waals surface area contributed by atoms with Crippen LogP contribution in [0.1, 0.15) is 20.8 Å². The van der Waals surface area contributed by atoms with Gasteiger partial charge in [-0.3, -0.25) is 0 Å². The van der Waals surface area contributed by atoms with Crippen molar-refractivity contribution in [3.8, 4) is 11.3 Å². The maximum Gasteiger partial charge on any atom is 0.164 e. The molecule has 2 N–H and O–H groups in total. The molecule has 22 heavy (non-hydrogen) atoms. The second-order valence-corrected chi connectivity index (χ2v) is 6.42. The second-order valence-electron chi connectivity index (χ2n) is 6.02. The monoisotopic (exact) mass is 319 g/mol. The van der Waals surface area contributed by atoms with Crippen LogP contribution >= 0.6 is 11.6 Å². The molecule has 2 aromatic heterocycles. The van der Waals surface area contributed by atoms with Crippen molar-refractivity contribution in [2.75, 3.05) is 5.73 Å². The normalized spacial score (nSPS) is 12.0. The number of anilines is 1. The van der Waals surface area contributed by atoms with E-state index in [1.54, 1.807) is 10.7 Å². The molecule has 0 saturated carbocycles. The minimum absolute atomic E-state index is 0.0337. The summed E-state index contributed by atoms with van der Waals surface area (Å²) in [5.41, 5.74) is 7.61. The number of benzene rings is 1. The molecule has 114 valence electrons. The van der Waals surface area contributed by atoms with E-state index >= 15 is 0 Å². The van der Waals surface area contributed by atoms with Gasteiger partial charge in [-0.2, -0.15) is 5.10 Å². The first-order valence-electron chi connectivity index (χ1n) is 6.74. The third kappa shape index (κ3) is 2.29. The van der Waals surface area contributed by atoms with Crippen molar-refractivity contribution >= 4 is 28.5 Å². The van der Waals surface area contributed by atoms with Crippen molar-refractivity contribution in [2.45, 2.75) is 26.3 Å². The maximum atomic E-state index is 13.4. The number of aromatic nitrogens is 4. The molecular weight excluding hydrogens is 305 g/mol. The minimum Gasteiger partial charge on any atom is -0.383 e. The molecule has 3 rings (SSSR count). The fourth-order valence-electron chi connectivity index (χ4n) is 2.29. The number of nitrogens with two attached hydrogens (primary N) is 1. The van der Waals surface area contributed by atoms with Gasteiger partial charge in [0.2, 0.25) is 0 Å². The van der Waals surface area contributed by atoms with Gasteiger partial charge in [0.1, 0.15) is 23.7 Å². The standard InChI is InChI=1S/C15H15ClFN5/c1-15(2,3)22-14-11(13(18)19-7-20-14)12(21-22)8-4-5-10(17)9(16)6-8/h4-7H,1-3H3,(H2,18,19,20). The van der Waals surface area contributed by atoms with E-state index in [9.17, 15) is 4.39 Å². The lowest BCUT2D eigenvalue weighted by Gasteiger charge is -2.19. The highest BCUT2D eigenvalue weighted by Gasteiger charge is 2.24. The number of hydrogen-bond acceptors (Lipinski definition) is 4. The molecule has 7 heteroatoms. The van der Waals surface area contributed by atoms with Crippen LogP contribution in [0.5, 0.6) is 0 Å². The highest BCUT2D eigenvalue weighted by atomic mass is 35.5. The van der Waals surface area contributed by atoms with Crippen molar-refractivity contribution < 1.29 is 4.39 Å². The third-order valence-electron chi connectivity index (χ3n) is 3.32. The van der Waals surface area contributed by atoms with Crippen molar-refractivity contribution in [1.82, 2.24) is 19.7 Å². The summed E-state index contributed by atoms with van der Waals surface area (Å²) in [5.74, 6) is -0.148. The number of nitrogen functional groups attached to an aromatic ring is 1. The molecule has 3 aromatic rings. The van der Waals surface area contributed by atoms with E-state index in [1.807, 2.05) is 20.8 Å². The average Bonchev–Trinajstić information content (AvgIpc) is 2.83. The summed E-state index contributed by atoms with van der Waals surface area (Å²) in [7, 11) is 0. The van der Waals surface area contributed by atoms with Crippen LogP contribution in [0, 0.1) is 5.82 Å². The fraction of sp³-hybridized carbons (Fsp3) is 0.267. The number of nitrogens with zero attached hydrogens (tertiary/aromatic N) is 4. The summed E-state index contributed by atoms with van der Waals surface area (Å²) < 4.78 is 15.2. The van der Waals surface area contributed by atoms with Gasteiger partial charge in [-0.25, -0.2) is 19.0 Å². The Labute approximate surface area is 131 Å². The summed E-state index contributed by atoms with van der Waals surface area (Å²) in [6.07, 6.45) is 1.41. The topological polar surface area (TPSA) is 69.6 Å². The van der Waals surface area contributed by atoms with Gasteiger partial charge in [0, 0.05) is 5.56 Å². The Morgan fingerprint density at radius 2 is 1.95 bits per heavy atom. The molecule has 0 amide bonds. The van der Waals surface area contributed by atoms with E-state index < -0.39 is 5.82 Å². The molecule has 1 aromatic carbocycles. The molecule has 0 aliphatic heterocycles. The first-order valence-corrected chi connectivity index (χ1v) is 7.12. The quantitative estimate of drug-likeness (QED) is 0.743. The van der Waals surface area contributed by atoms with Crippen molar-refractivity contribution in [2.24, 2.45) is 0 Å². The first-order chi connectivity index (χ1) is 10.3. The van der Waals surface area contributed by atoms with Gasteiger partial charge >= 0.3 is 0 Å². The van der Waals surface area contributed by atoms with Crippen LogP contribution in [0.25, 0.3) is 22.3 Å². The summed E-state index contributed by atoms with van der Waals surface area (Å²) in [6, 6.07) is 4.44. The smallest absolute Gasteiger partial charge is 0.164 e. The minimum atomic E-state index is -0.478. The summed E-state index contributed by atoms with van der Waals surface area (Å²) in [5, 5.41) is 5.29. The molecule has 0 unspecified atom stereocenters. The summed E-state index contributed by atoms with van der Waals surface area (Å²) >= 11 is 5.88. The van der Waals surface area contributed by atoms with Gasteiger partial charge in [-0.05, 0) is 39.0 Å². The van der Waals surface area contributed by atoms with Gasteiger partial charge in [0.15, 0.2) is 5.65 Å². The predicted molar refractivity (Wildman–Crippen MR) is 85.1 cm³/mol. The second kappa shape index (κ2) is 4.91. The van der Waals surface area contributed by atoms with E-state index in [0.717, 1.165) is 0 Å². The highest BCUT2D eigenvalue weighted by molar-refractivity contribution is 6.31. The van der Waals surface area contributed by atoms with E-state index in [1.165, 1.54) is 18.5 Å². The van der Waals surface area contributed by atoms with E-state index in [4.69, 9.17) is 17.3 Å². The average molecular weight is 320 g/mol. The van der Waals surface area contributed by atoms with Crippen molar-refractivity contribution in [3.63, 3.8) is 0 Å². The zero-order chi connectivity index (χ0) is 16.1. The molecule has 0 aliphatic rings. The largest absolute Gasteiger partial charge is 0.383 e. The van der Waals surface area contributed by atoms with Crippen LogP contribution in [0.4, 0.5) is 10.2 Å². The third-order valence-corrected chi connectivity index (χ3v) is 3.61. The Morgan fingerprint density at radius 1 is 1.23 bits per heavy atom. The molecule has 0 radical (unpaired) electrons. The Kier molecular flexibility index (Phi) is 3.29. The van der Waals surface area contributed by atoms with Crippen LogP contribution in [0.2, 0.25) is 5.02 Å².